The van der Waals surface area contributed by atoms with Crippen LogP contribution in [0.1, 0.15) is 59.3 Å². The van der Waals surface area contributed by atoms with Crippen molar-refractivity contribution in [3.8, 4) is 0 Å². The molecular formula is C14H28N2O2. The summed E-state index contributed by atoms with van der Waals surface area (Å²) in [6.07, 6.45) is 5.78. The van der Waals surface area contributed by atoms with Crippen molar-refractivity contribution in [2.45, 2.75) is 83.6 Å². The van der Waals surface area contributed by atoms with Gasteiger partial charge in [0.15, 0.2) is 0 Å². The van der Waals surface area contributed by atoms with Gasteiger partial charge in [-0.3, -0.25) is 4.79 Å². The Balaban J connectivity index is 2.34. The van der Waals surface area contributed by atoms with Gasteiger partial charge >= 0.3 is 0 Å². The van der Waals surface area contributed by atoms with Gasteiger partial charge in [0.2, 0.25) is 5.91 Å². The number of hydrogen-bond acceptors (Lipinski definition) is 3. The minimum absolute atomic E-state index is 0.00263. The van der Waals surface area contributed by atoms with E-state index >= 15 is 0 Å². The van der Waals surface area contributed by atoms with Gasteiger partial charge in [0.05, 0.1) is 6.10 Å². The number of carbonyl (C=O) groups is 1. The monoisotopic (exact) mass is 256 g/mol. The van der Waals surface area contributed by atoms with E-state index in [2.05, 4.69) is 19.2 Å². The van der Waals surface area contributed by atoms with Crippen LogP contribution < -0.4 is 11.1 Å². The highest BCUT2D eigenvalue weighted by Gasteiger charge is 2.24. The summed E-state index contributed by atoms with van der Waals surface area (Å²) in [7, 11) is 0. The molecule has 0 bridgehead atoms. The normalized spacial score (nSPS) is 26.1. The van der Waals surface area contributed by atoms with Crippen LogP contribution in [0, 0.1) is 0 Å². The molecule has 3 N–H and O–H groups in total. The lowest BCUT2D eigenvalue weighted by Gasteiger charge is -2.29. The van der Waals surface area contributed by atoms with Crippen molar-refractivity contribution in [2.75, 3.05) is 0 Å². The fraction of sp³-hybridized carbons (Fsp3) is 0.929. The minimum atomic E-state index is -0.374. The molecule has 1 aliphatic rings. The second-order valence-electron chi connectivity index (χ2n) is 5.35. The van der Waals surface area contributed by atoms with E-state index in [1.807, 2.05) is 6.92 Å². The van der Waals surface area contributed by atoms with Crippen LogP contribution in [0.3, 0.4) is 0 Å². The predicted molar refractivity (Wildman–Crippen MR) is 73.3 cm³/mol. The maximum atomic E-state index is 12.0. The Labute approximate surface area is 111 Å². The van der Waals surface area contributed by atoms with Gasteiger partial charge in [0, 0.05) is 12.1 Å². The molecule has 1 fully saturated rings. The Morgan fingerprint density at radius 3 is 2.61 bits per heavy atom. The molecule has 0 aliphatic heterocycles. The molecule has 1 amide bonds. The molecule has 0 heterocycles. The van der Waals surface area contributed by atoms with Crippen LogP contribution in [0.2, 0.25) is 0 Å². The van der Waals surface area contributed by atoms with Crippen molar-refractivity contribution in [2.24, 2.45) is 5.73 Å². The van der Waals surface area contributed by atoms with E-state index in [1.54, 1.807) is 0 Å². The third-order valence-corrected chi connectivity index (χ3v) is 3.76. The molecule has 3 unspecified atom stereocenters. The van der Waals surface area contributed by atoms with Gasteiger partial charge in [-0.2, -0.15) is 0 Å². The van der Waals surface area contributed by atoms with Crippen molar-refractivity contribution in [1.82, 2.24) is 5.32 Å². The number of nitrogens with two attached hydrogens (primary N) is 1. The first-order valence-electron chi connectivity index (χ1n) is 7.28. The fourth-order valence-electron chi connectivity index (χ4n) is 2.47. The zero-order chi connectivity index (χ0) is 13.5. The molecule has 106 valence electrons. The summed E-state index contributed by atoms with van der Waals surface area (Å²) >= 11 is 0. The van der Waals surface area contributed by atoms with Crippen molar-refractivity contribution in [1.29, 1.82) is 0 Å². The van der Waals surface area contributed by atoms with E-state index in [1.165, 1.54) is 0 Å². The third kappa shape index (κ3) is 4.94. The van der Waals surface area contributed by atoms with Gasteiger partial charge in [-0.1, -0.05) is 13.8 Å². The molecule has 3 atom stereocenters. The first-order valence-corrected chi connectivity index (χ1v) is 7.28. The van der Waals surface area contributed by atoms with Gasteiger partial charge < -0.3 is 15.8 Å². The predicted octanol–water partition coefficient (Wildman–Crippen LogP) is 1.97. The van der Waals surface area contributed by atoms with Crippen molar-refractivity contribution in [3.05, 3.63) is 0 Å². The summed E-state index contributed by atoms with van der Waals surface area (Å²) in [6, 6.07) is 0.496. The van der Waals surface area contributed by atoms with Crippen LogP contribution in [-0.4, -0.2) is 30.2 Å². The Hall–Kier alpha value is -0.610. The van der Waals surface area contributed by atoms with Crippen LogP contribution in [0.25, 0.3) is 0 Å². The van der Waals surface area contributed by atoms with E-state index in [0.29, 0.717) is 0 Å². The molecule has 1 aliphatic carbocycles. The highest BCUT2D eigenvalue weighted by molar-refractivity contribution is 5.80. The van der Waals surface area contributed by atoms with E-state index in [0.717, 1.165) is 38.5 Å². The molecule has 0 saturated heterocycles. The Morgan fingerprint density at radius 2 is 2.06 bits per heavy atom. The maximum absolute atomic E-state index is 12.0. The summed E-state index contributed by atoms with van der Waals surface area (Å²) in [5, 5.41) is 3.02. The highest BCUT2D eigenvalue weighted by atomic mass is 16.5. The van der Waals surface area contributed by atoms with Crippen molar-refractivity contribution in [3.63, 3.8) is 0 Å². The van der Waals surface area contributed by atoms with Crippen LogP contribution in [-0.2, 0) is 9.53 Å². The lowest BCUT2D eigenvalue weighted by atomic mass is 9.93. The van der Waals surface area contributed by atoms with Crippen LogP contribution >= 0.6 is 0 Å². The number of carbonyl (C=O) groups excluding carboxylic acids is 1. The quantitative estimate of drug-likeness (QED) is 0.763. The molecule has 0 spiro atoms. The largest absolute Gasteiger partial charge is 0.365 e. The van der Waals surface area contributed by atoms with Gasteiger partial charge in [-0.05, 0) is 45.4 Å². The molecule has 1 rings (SSSR count). The van der Waals surface area contributed by atoms with E-state index in [-0.39, 0.29) is 30.2 Å². The smallest absolute Gasteiger partial charge is 0.249 e. The second-order valence-corrected chi connectivity index (χ2v) is 5.35. The third-order valence-electron chi connectivity index (χ3n) is 3.76. The number of ether oxygens (including phenoxy) is 1. The molecule has 1 saturated carbocycles. The standard InChI is InChI=1S/C14H28N2O2/c1-4-12(5-2)16-14(17)10(3)18-13-8-6-7-11(15)9-13/h10-13H,4-9,15H2,1-3H3,(H,16,17). The van der Waals surface area contributed by atoms with Gasteiger partial charge in [0.25, 0.3) is 0 Å². The first-order chi connectivity index (χ1) is 8.56. The van der Waals surface area contributed by atoms with Crippen LogP contribution in [0.4, 0.5) is 0 Å². The van der Waals surface area contributed by atoms with Gasteiger partial charge in [0.1, 0.15) is 6.10 Å². The van der Waals surface area contributed by atoms with E-state index in [9.17, 15) is 4.79 Å². The molecule has 0 aromatic heterocycles. The summed E-state index contributed by atoms with van der Waals surface area (Å²) < 4.78 is 5.82. The van der Waals surface area contributed by atoms with Crippen molar-refractivity contribution >= 4 is 5.91 Å². The Kier molecular flexibility index (Phi) is 6.65. The maximum Gasteiger partial charge on any atom is 0.249 e. The summed E-state index contributed by atoms with van der Waals surface area (Å²) in [4.78, 5) is 12.0. The van der Waals surface area contributed by atoms with Crippen LogP contribution in [0.5, 0.6) is 0 Å². The van der Waals surface area contributed by atoms with E-state index < -0.39 is 0 Å². The Morgan fingerprint density at radius 1 is 1.39 bits per heavy atom. The van der Waals surface area contributed by atoms with Gasteiger partial charge in [-0.15, -0.1) is 0 Å². The summed E-state index contributed by atoms with van der Waals surface area (Å²) in [6.45, 7) is 6.00. The number of rotatable bonds is 6. The zero-order valence-electron chi connectivity index (χ0n) is 11.9. The average Bonchev–Trinajstić information content (AvgIpc) is 2.35. The molecule has 4 heteroatoms. The zero-order valence-corrected chi connectivity index (χ0v) is 11.9. The topological polar surface area (TPSA) is 64.3 Å². The number of nitrogens with one attached hydrogen (secondary N) is 1. The van der Waals surface area contributed by atoms with Crippen LogP contribution in [0.15, 0.2) is 0 Å². The summed E-state index contributed by atoms with van der Waals surface area (Å²) in [5.74, 6) is 0.00263. The lowest BCUT2D eigenvalue weighted by molar-refractivity contribution is -0.137. The van der Waals surface area contributed by atoms with E-state index in [4.69, 9.17) is 10.5 Å². The molecule has 4 nitrogen and oxygen atoms in total. The Bertz CT molecular complexity index is 254. The molecule has 0 aromatic rings. The molecule has 0 radical (unpaired) electrons. The lowest BCUT2D eigenvalue weighted by Crippen LogP contribution is -2.43. The molecular weight excluding hydrogens is 228 g/mol. The summed E-state index contributed by atoms with van der Waals surface area (Å²) in [5.41, 5.74) is 5.92. The van der Waals surface area contributed by atoms with Gasteiger partial charge in [-0.25, -0.2) is 0 Å². The number of hydrogen-bond donors (Lipinski definition) is 2. The minimum Gasteiger partial charge on any atom is -0.365 e. The van der Waals surface area contributed by atoms with Crippen molar-refractivity contribution < 1.29 is 9.53 Å². The SMILES string of the molecule is CCC(CC)NC(=O)C(C)OC1CCCC(N)C1. The molecule has 18 heavy (non-hydrogen) atoms. The highest BCUT2D eigenvalue weighted by Crippen LogP contribution is 2.21. The second kappa shape index (κ2) is 7.74. The first kappa shape index (κ1) is 15.4. The molecule has 0 aromatic carbocycles. The average molecular weight is 256 g/mol. The number of amides is 1. The fourth-order valence-corrected chi connectivity index (χ4v) is 2.47.